The minimum absolute atomic E-state index is 0.231. The van der Waals surface area contributed by atoms with Crippen LogP contribution in [-0.4, -0.2) is 32.5 Å². The molecule has 2 N–H and O–H groups in total. The maximum atomic E-state index is 9.86. The molecule has 0 bridgehead atoms. The molecule has 1 saturated heterocycles. The van der Waals surface area contributed by atoms with Gasteiger partial charge in [0.25, 0.3) is 0 Å². The van der Waals surface area contributed by atoms with Crippen molar-refractivity contribution in [3.63, 3.8) is 0 Å². The van der Waals surface area contributed by atoms with Crippen LogP contribution in [0.25, 0.3) is 5.52 Å². The summed E-state index contributed by atoms with van der Waals surface area (Å²) in [7, 11) is 0. The summed E-state index contributed by atoms with van der Waals surface area (Å²) in [6.07, 6.45) is 1.80. The van der Waals surface area contributed by atoms with Gasteiger partial charge in [0.1, 0.15) is 5.82 Å². The van der Waals surface area contributed by atoms with Crippen molar-refractivity contribution in [2.24, 2.45) is 0 Å². The van der Waals surface area contributed by atoms with Gasteiger partial charge in [-0.1, -0.05) is 6.07 Å². The van der Waals surface area contributed by atoms with E-state index in [0.29, 0.717) is 0 Å². The number of hydrogen-bond acceptors (Lipinski definition) is 4. The molecule has 84 valence electrons. The zero-order valence-electron chi connectivity index (χ0n) is 8.76. The number of nitrogens with zero attached hydrogens (tertiary/aromatic N) is 2. The molecule has 1 aliphatic rings. The summed E-state index contributed by atoms with van der Waals surface area (Å²) in [5.74, 6) is 3.31. The maximum Gasteiger partial charge on any atom is 0.197 e. The van der Waals surface area contributed by atoms with Gasteiger partial charge >= 0.3 is 0 Å². The fourth-order valence-electron chi connectivity index (χ4n) is 2.03. The second-order valence-corrected chi connectivity index (χ2v) is 4.99. The first-order chi connectivity index (χ1) is 7.86. The fourth-order valence-corrected chi connectivity index (χ4v) is 2.96. The molecule has 1 atom stereocenters. The van der Waals surface area contributed by atoms with Crippen LogP contribution in [0.5, 0.6) is 5.88 Å². The van der Waals surface area contributed by atoms with Crippen molar-refractivity contribution < 1.29 is 5.11 Å². The molecule has 3 heterocycles. The molecule has 1 unspecified atom stereocenters. The highest BCUT2D eigenvalue weighted by Gasteiger charge is 2.20. The van der Waals surface area contributed by atoms with Gasteiger partial charge in [-0.15, -0.1) is 0 Å². The van der Waals surface area contributed by atoms with Crippen LogP contribution in [0.4, 0.5) is 0 Å². The Bertz CT molecular complexity index is 505. The van der Waals surface area contributed by atoms with Crippen LogP contribution in [0, 0.1) is 0 Å². The third-order valence-corrected chi connectivity index (χ3v) is 3.85. The summed E-state index contributed by atoms with van der Waals surface area (Å²) in [4.78, 5) is 4.41. The lowest BCUT2D eigenvalue weighted by Crippen LogP contribution is -2.31. The van der Waals surface area contributed by atoms with Crippen molar-refractivity contribution in [1.82, 2.24) is 14.7 Å². The summed E-state index contributed by atoms with van der Waals surface area (Å²) in [5, 5.41) is 13.3. The molecule has 3 rings (SSSR count). The van der Waals surface area contributed by atoms with Gasteiger partial charge in [0.2, 0.25) is 0 Å². The Kier molecular flexibility index (Phi) is 2.49. The van der Waals surface area contributed by atoms with Crippen molar-refractivity contribution in [3.05, 3.63) is 30.2 Å². The van der Waals surface area contributed by atoms with E-state index in [2.05, 4.69) is 10.3 Å². The van der Waals surface area contributed by atoms with Gasteiger partial charge in [-0.25, -0.2) is 4.98 Å². The summed E-state index contributed by atoms with van der Waals surface area (Å²) in [5.41, 5.74) is 0.937. The molecular weight excluding hydrogens is 222 g/mol. The number of aromatic hydroxyl groups is 1. The molecule has 0 saturated carbocycles. The molecular formula is C11H13N3OS. The number of imidazole rings is 1. The Morgan fingerprint density at radius 1 is 1.50 bits per heavy atom. The summed E-state index contributed by atoms with van der Waals surface area (Å²) in [6, 6.07) is 5.70. The van der Waals surface area contributed by atoms with Crippen molar-refractivity contribution in [2.75, 3.05) is 18.1 Å². The molecule has 2 aromatic heterocycles. The van der Waals surface area contributed by atoms with Crippen LogP contribution in [0.15, 0.2) is 24.4 Å². The first-order valence-electron chi connectivity index (χ1n) is 5.33. The zero-order chi connectivity index (χ0) is 11.0. The predicted molar refractivity (Wildman–Crippen MR) is 64.9 cm³/mol. The molecule has 0 spiro atoms. The van der Waals surface area contributed by atoms with E-state index >= 15 is 0 Å². The van der Waals surface area contributed by atoms with Gasteiger partial charge in [0.05, 0.1) is 17.8 Å². The highest BCUT2D eigenvalue weighted by atomic mass is 32.2. The van der Waals surface area contributed by atoms with Crippen molar-refractivity contribution in [2.45, 2.75) is 6.04 Å². The van der Waals surface area contributed by atoms with E-state index in [1.165, 1.54) is 0 Å². The highest BCUT2D eigenvalue weighted by molar-refractivity contribution is 7.99. The molecule has 0 aliphatic carbocycles. The van der Waals surface area contributed by atoms with Gasteiger partial charge in [0, 0.05) is 18.1 Å². The number of rotatable bonds is 1. The normalized spacial score (nSPS) is 21.4. The average Bonchev–Trinajstić information content (AvgIpc) is 2.75. The van der Waals surface area contributed by atoms with Crippen LogP contribution in [0.1, 0.15) is 11.9 Å². The molecule has 0 amide bonds. The highest BCUT2D eigenvalue weighted by Crippen LogP contribution is 2.24. The topological polar surface area (TPSA) is 49.6 Å². The van der Waals surface area contributed by atoms with Crippen LogP contribution in [-0.2, 0) is 0 Å². The van der Waals surface area contributed by atoms with Crippen LogP contribution < -0.4 is 5.32 Å². The lowest BCUT2D eigenvalue weighted by atomic mass is 10.3. The van der Waals surface area contributed by atoms with Crippen LogP contribution >= 0.6 is 11.8 Å². The minimum Gasteiger partial charge on any atom is -0.494 e. The molecule has 0 radical (unpaired) electrons. The molecule has 1 fully saturated rings. The van der Waals surface area contributed by atoms with E-state index < -0.39 is 0 Å². The Morgan fingerprint density at radius 2 is 2.44 bits per heavy atom. The van der Waals surface area contributed by atoms with Gasteiger partial charge < -0.3 is 10.4 Å². The Hall–Kier alpha value is -1.20. The van der Waals surface area contributed by atoms with Crippen molar-refractivity contribution in [3.8, 4) is 5.88 Å². The quantitative estimate of drug-likeness (QED) is 0.785. The first-order valence-corrected chi connectivity index (χ1v) is 6.48. The van der Waals surface area contributed by atoms with Crippen LogP contribution in [0.3, 0.4) is 0 Å². The second-order valence-electron chi connectivity index (χ2n) is 3.84. The number of fused-ring (bicyclic) bond motifs is 1. The summed E-state index contributed by atoms with van der Waals surface area (Å²) < 4.78 is 1.81. The third-order valence-electron chi connectivity index (χ3n) is 2.79. The maximum absolute atomic E-state index is 9.86. The molecule has 5 heteroatoms. The molecule has 1 aliphatic heterocycles. The smallest absolute Gasteiger partial charge is 0.197 e. The minimum atomic E-state index is 0.231. The molecule has 4 nitrogen and oxygen atoms in total. The van der Waals surface area contributed by atoms with E-state index in [0.717, 1.165) is 29.4 Å². The van der Waals surface area contributed by atoms with Gasteiger partial charge in [0.15, 0.2) is 5.88 Å². The van der Waals surface area contributed by atoms with Crippen molar-refractivity contribution in [1.29, 1.82) is 0 Å². The Balaban J connectivity index is 2.09. The Morgan fingerprint density at radius 3 is 3.25 bits per heavy atom. The van der Waals surface area contributed by atoms with E-state index in [4.69, 9.17) is 0 Å². The second kappa shape index (κ2) is 3.99. The lowest BCUT2D eigenvalue weighted by Gasteiger charge is -2.22. The standard InChI is InChI=1S/C11H13N3OS/c15-10-3-1-2-8-6-13-11(14(8)10)9-7-16-5-4-12-9/h1-3,6,9,12,15H,4-5,7H2. The Labute approximate surface area is 97.7 Å². The largest absolute Gasteiger partial charge is 0.494 e. The molecule has 0 aromatic carbocycles. The van der Waals surface area contributed by atoms with E-state index in [1.54, 1.807) is 12.3 Å². The van der Waals surface area contributed by atoms with Crippen molar-refractivity contribution >= 4 is 17.3 Å². The third kappa shape index (κ3) is 1.56. The summed E-state index contributed by atoms with van der Waals surface area (Å²) >= 11 is 1.92. The van der Waals surface area contributed by atoms with Gasteiger partial charge in [-0.2, -0.15) is 11.8 Å². The van der Waals surface area contributed by atoms with Gasteiger partial charge in [-0.3, -0.25) is 4.40 Å². The molecule has 16 heavy (non-hydrogen) atoms. The molecule has 2 aromatic rings. The van der Waals surface area contributed by atoms with Crippen LogP contribution in [0.2, 0.25) is 0 Å². The van der Waals surface area contributed by atoms with E-state index in [1.807, 2.05) is 28.3 Å². The SMILES string of the molecule is Oc1cccc2cnc(C3CSCCN3)n12. The zero-order valence-corrected chi connectivity index (χ0v) is 9.57. The number of aromatic nitrogens is 2. The number of thioether (sulfide) groups is 1. The predicted octanol–water partition coefficient (Wildman–Crippen LogP) is 1.42. The monoisotopic (exact) mass is 235 g/mol. The summed E-state index contributed by atoms with van der Waals surface area (Å²) in [6.45, 7) is 0.998. The van der Waals surface area contributed by atoms with E-state index in [-0.39, 0.29) is 11.9 Å². The number of nitrogens with one attached hydrogen (secondary N) is 1. The fraction of sp³-hybridized carbons (Fsp3) is 0.364. The van der Waals surface area contributed by atoms with E-state index in [9.17, 15) is 5.11 Å². The number of hydrogen-bond donors (Lipinski definition) is 2. The van der Waals surface area contributed by atoms with Gasteiger partial charge in [-0.05, 0) is 12.1 Å². The number of pyridine rings is 1. The first kappa shape index (κ1) is 9.99. The average molecular weight is 235 g/mol. The lowest BCUT2D eigenvalue weighted by molar-refractivity contribution is 0.436.